The van der Waals surface area contributed by atoms with Crippen molar-refractivity contribution in [3.63, 3.8) is 0 Å². The maximum absolute atomic E-state index is 13.2. The van der Waals surface area contributed by atoms with Gasteiger partial charge in [0.15, 0.2) is 5.65 Å². The third kappa shape index (κ3) is 4.94. The van der Waals surface area contributed by atoms with Crippen LogP contribution in [0.15, 0.2) is 42.5 Å². The molecule has 158 valence electrons. The molecule has 5 rings (SSSR count). The number of benzene rings is 1. The summed E-state index contributed by atoms with van der Waals surface area (Å²) in [6.45, 7) is 2.54. The van der Waals surface area contributed by atoms with Crippen molar-refractivity contribution in [1.29, 1.82) is 0 Å². The second kappa shape index (κ2) is 8.79. The minimum atomic E-state index is -0.630. The van der Waals surface area contributed by atoms with Crippen molar-refractivity contribution < 1.29 is 14.3 Å². The number of nitrogen functional groups attached to an aromatic ring is 1. The van der Waals surface area contributed by atoms with Crippen LogP contribution < -0.4 is 5.73 Å². The molecule has 0 bridgehead atoms. The monoisotopic (exact) mass is 411 g/mol. The first-order valence-electron chi connectivity index (χ1n) is 10.3. The Morgan fingerprint density at radius 3 is 2.40 bits per heavy atom. The first-order valence-corrected chi connectivity index (χ1v) is 10.3. The highest BCUT2D eigenvalue weighted by atomic mass is 19.1. The molecule has 1 aromatic carbocycles. The van der Waals surface area contributed by atoms with E-state index in [0.717, 1.165) is 49.4 Å². The van der Waals surface area contributed by atoms with Crippen LogP contribution >= 0.6 is 0 Å². The van der Waals surface area contributed by atoms with Crippen molar-refractivity contribution in [3.05, 3.63) is 48.0 Å². The average Bonchev–Trinajstić information content (AvgIpc) is 3.52. The number of aromatic nitrogens is 3. The third-order valence-electron chi connectivity index (χ3n) is 5.48. The highest BCUT2D eigenvalue weighted by molar-refractivity contribution is 5.72. The van der Waals surface area contributed by atoms with E-state index in [-0.39, 0.29) is 11.9 Å². The largest absolute Gasteiger partial charge is 0.481 e. The number of rotatable bonds is 4. The fourth-order valence-corrected chi connectivity index (χ4v) is 3.57. The summed E-state index contributed by atoms with van der Waals surface area (Å²) < 4.78 is 15.0. The van der Waals surface area contributed by atoms with Crippen molar-refractivity contribution in [1.82, 2.24) is 19.5 Å². The lowest BCUT2D eigenvalue weighted by Gasteiger charge is -2.28. The van der Waals surface area contributed by atoms with E-state index < -0.39 is 12.1 Å². The lowest BCUT2D eigenvalue weighted by atomic mass is 10.1. The van der Waals surface area contributed by atoms with Gasteiger partial charge in [-0.25, -0.2) is 8.91 Å². The topological polar surface area (TPSA) is 96.8 Å². The number of hydrogen-bond acceptors (Lipinski definition) is 5. The number of anilines is 1. The number of pyridine rings is 1. The lowest BCUT2D eigenvalue weighted by Crippen LogP contribution is -2.33. The van der Waals surface area contributed by atoms with Gasteiger partial charge in [-0.1, -0.05) is 30.3 Å². The zero-order valence-electron chi connectivity index (χ0n) is 16.7. The summed E-state index contributed by atoms with van der Waals surface area (Å²) in [6.07, 6.45) is 2.46. The molecule has 1 saturated carbocycles. The van der Waals surface area contributed by atoms with E-state index in [0.29, 0.717) is 12.8 Å². The molecule has 8 heteroatoms. The maximum Gasteiger partial charge on any atom is 0.306 e. The number of carboxylic acid groups (broad SMARTS) is 1. The number of nitrogens with two attached hydrogens (primary N) is 1. The molecule has 2 aliphatic rings. The quantitative estimate of drug-likeness (QED) is 0.683. The van der Waals surface area contributed by atoms with Gasteiger partial charge >= 0.3 is 5.97 Å². The van der Waals surface area contributed by atoms with Gasteiger partial charge in [0, 0.05) is 25.2 Å². The minimum Gasteiger partial charge on any atom is -0.481 e. The van der Waals surface area contributed by atoms with Crippen LogP contribution in [-0.4, -0.2) is 49.8 Å². The number of alkyl halides is 1. The molecule has 2 fully saturated rings. The molecule has 0 atom stereocenters. The molecule has 0 amide bonds. The predicted molar refractivity (Wildman–Crippen MR) is 113 cm³/mol. The Morgan fingerprint density at radius 2 is 1.80 bits per heavy atom. The molecule has 3 heterocycles. The molecule has 1 aliphatic heterocycles. The highest BCUT2D eigenvalue weighted by Crippen LogP contribution is 2.28. The summed E-state index contributed by atoms with van der Waals surface area (Å²) in [5, 5.41) is 12.3. The summed E-state index contributed by atoms with van der Waals surface area (Å²) >= 11 is 0. The van der Waals surface area contributed by atoms with E-state index in [1.165, 1.54) is 5.56 Å². The molecular weight excluding hydrogens is 385 g/mol. The summed E-state index contributed by atoms with van der Waals surface area (Å²) in [5.41, 5.74) is 9.70. The van der Waals surface area contributed by atoms with Gasteiger partial charge in [0.25, 0.3) is 0 Å². The highest BCUT2D eigenvalue weighted by Gasteiger charge is 2.28. The number of halogens is 1. The summed E-state index contributed by atoms with van der Waals surface area (Å²) in [4.78, 5) is 16.3. The van der Waals surface area contributed by atoms with E-state index >= 15 is 0 Å². The fraction of sp³-hybridized carbons (Fsp3) is 0.409. The Labute approximate surface area is 174 Å². The zero-order chi connectivity index (χ0) is 21.1. The lowest BCUT2D eigenvalue weighted by molar-refractivity contribution is -0.138. The van der Waals surface area contributed by atoms with Crippen LogP contribution in [0.1, 0.15) is 31.2 Å². The zero-order valence-corrected chi connectivity index (χ0v) is 16.7. The Balaban J connectivity index is 0.000000313. The van der Waals surface area contributed by atoms with E-state index in [1.54, 1.807) is 4.52 Å². The first kappa shape index (κ1) is 20.3. The average molecular weight is 411 g/mol. The molecule has 7 nitrogen and oxygen atoms in total. The van der Waals surface area contributed by atoms with E-state index in [1.807, 2.05) is 18.2 Å². The molecule has 0 unspecified atom stereocenters. The van der Waals surface area contributed by atoms with Gasteiger partial charge in [-0.15, -0.1) is 5.10 Å². The molecule has 1 aliphatic carbocycles. The van der Waals surface area contributed by atoms with Gasteiger partial charge in [-0.2, -0.15) is 4.98 Å². The van der Waals surface area contributed by atoms with Crippen LogP contribution in [0.3, 0.4) is 0 Å². The number of carbonyl (C=O) groups is 1. The van der Waals surface area contributed by atoms with Crippen molar-refractivity contribution in [2.45, 2.75) is 38.4 Å². The Morgan fingerprint density at radius 1 is 1.10 bits per heavy atom. The number of nitrogens with zero attached hydrogens (tertiary/aromatic N) is 4. The van der Waals surface area contributed by atoms with Crippen LogP contribution in [0.5, 0.6) is 0 Å². The number of fused-ring (bicyclic) bond motifs is 1. The number of hydrogen-bond donors (Lipinski definition) is 2. The van der Waals surface area contributed by atoms with Crippen molar-refractivity contribution >= 4 is 17.6 Å². The minimum absolute atomic E-state index is 0.0185. The molecule has 2 aromatic heterocycles. The van der Waals surface area contributed by atoms with Crippen molar-refractivity contribution in [3.8, 4) is 11.3 Å². The van der Waals surface area contributed by atoms with Crippen molar-refractivity contribution in [2.24, 2.45) is 5.92 Å². The standard InChI is InChI=1S/C18H20FN5.C4H6O2/c19-15-8-10-23(11-9-15)12-13-4-6-14(7-5-13)16-2-1-3-17-21-18(20)22-24(16)17;5-4(6)3-1-2-3/h1-7,15H,8-12H2,(H2,20,22);3H,1-2H2,(H,5,6). The van der Waals surface area contributed by atoms with Crippen LogP contribution in [0.25, 0.3) is 16.9 Å². The van der Waals surface area contributed by atoms with E-state index in [9.17, 15) is 9.18 Å². The van der Waals surface area contributed by atoms with Gasteiger partial charge in [0.05, 0.1) is 11.6 Å². The Kier molecular flexibility index (Phi) is 5.94. The van der Waals surface area contributed by atoms with Gasteiger partial charge in [0.2, 0.25) is 5.95 Å². The summed E-state index contributed by atoms with van der Waals surface area (Å²) in [5.74, 6) is -0.338. The second-order valence-corrected chi connectivity index (χ2v) is 7.91. The molecule has 30 heavy (non-hydrogen) atoms. The molecule has 3 N–H and O–H groups in total. The third-order valence-corrected chi connectivity index (χ3v) is 5.48. The van der Waals surface area contributed by atoms with E-state index in [4.69, 9.17) is 10.8 Å². The predicted octanol–water partition coefficient (Wildman–Crippen LogP) is 3.39. The maximum atomic E-state index is 13.2. The van der Waals surface area contributed by atoms with Gasteiger partial charge < -0.3 is 10.8 Å². The molecular formula is C22H26FN5O2. The number of piperidine rings is 1. The van der Waals surface area contributed by atoms with Crippen LogP contribution in [0.2, 0.25) is 0 Å². The number of carboxylic acids is 1. The summed E-state index contributed by atoms with van der Waals surface area (Å²) in [7, 11) is 0. The number of likely N-dealkylation sites (tertiary alicyclic amines) is 1. The number of aliphatic carboxylic acids is 1. The first-order chi connectivity index (χ1) is 14.5. The Hall–Kier alpha value is -3.00. The molecule has 3 aromatic rings. The molecule has 1 saturated heterocycles. The van der Waals surface area contributed by atoms with Gasteiger partial charge in [-0.05, 0) is 43.4 Å². The summed E-state index contributed by atoms with van der Waals surface area (Å²) in [6, 6.07) is 14.3. The Bertz CT molecular complexity index is 1010. The van der Waals surface area contributed by atoms with Gasteiger partial charge in [-0.3, -0.25) is 9.69 Å². The molecule has 0 spiro atoms. The SMILES string of the molecule is Nc1nc2cccc(-c3ccc(CN4CCC(F)CC4)cc3)n2n1.O=C(O)C1CC1. The van der Waals surface area contributed by atoms with Crippen LogP contribution in [0.4, 0.5) is 10.3 Å². The van der Waals surface area contributed by atoms with Crippen molar-refractivity contribution in [2.75, 3.05) is 18.8 Å². The van der Waals surface area contributed by atoms with Crippen LogP contribution in [-0.2, 0) is 11.3 Å². The van der Waals surface area contributed by atoms with E-state index in [2.05, 4.69) is 39.2 Å². The molecule has 0 radical (unpaired) electrons. The fourth-order valence-electron chi connectivity index (χ4n) is 3.57. The second-order valence-electron chi connectivity index (χ2n) is 7.91. The van der Waals surface area contributed by atoms with Crippen LogP contribution in [0, 0.1) is 5.92 Å². The van der Waals surface area contributed by atoms with Gasteiger partial charge in [0.1, 0.15) is 6.17 Å². The normalized spacial score (nSPS) is 17.5. The smallest absolute Gasteiger partial charge is 0.306 e.